The number of amides is 1. The Morgan fingerprint density at radius 1 is 1.04 bits per heavy atom. The second-order valence-electron chi connectivity index (χ2n) is 7.55. The van der Waals surface area contributed by atoms with Gasteiger partial charge in [-0.3, -0.25) is 10.2 Å². The minimum atomic E-state index is 0.227. The number of nitrogens with two attached hydrogens (primary N) is 1. The molecule has 0 saturated carbocycles. The molecule has 0 spiro atoms. The topological polar surface area (TPSA) is 70.4 Å². The molecule has 1 amide bonds. The number of carbonyl (C=O) groups is 1. The standard InChI is InChI=1S/C22H28N4O/c23-13-4-7-21(27)26-14-12-20-19(15-26)22(25-24-20)18-10-8-17(9-11-18)16-5-2-1-3-6-16/h1-3,5-6,8-11,19-20,22,24-25H,4,7,12-15,23H2. The van der Waals surface area contributed by atoms with Gasteiger partial charge in [0, 0.05) is 31.5 Å². The van der Waals surface area contributed by atoms with Crippen molar-refractivity contribution in [1.82, 2.24) is 15.8 Å². The molecule has 0 aromatic heterocycles. The van der Waals surface area contributed by atoms with Crippen molar-refractivity contribution in [3.05, 3.63) is 60.2 Å². The van der Waals surface area contributed by atoms with E-state index < -0.39 is 0 Å². The van der Waals surface area contributed by atoms with Crippen LogP contribution in [0.5, 0.6) is 0 Å². The van der Waals surface area contributed by atoms with E-state index in [0.29, 0.717) is 24.9 Å². The van der Waals surface area contributed by atoms with E-state index >= 15 is 0 Å². The Morgan fingerprint density at radius 2 is 1.78 bits per heavy atom. The number of carbonyl (C=O) groups excluding carboxylic acids is 1. The Hall–Kier alpha value is -2.21. The van der Waals surface area contributed by atoms with E-state index in [1.54, 1.807) is 0 Å². The lowest BCUT2D eigenvalue weighted by Crippen LogP contribution is -2.47. The average molecular weight is 364 g/mol. The summed E-state index contributed by atoms with van der Waals surface area (Å²) in [5, 5.41) is 0. The third-order valence-corrected chi connectivity index (χ3v) is 5.83. The Kier molecular flexibility index (Phi) is 5.53. The molecule has 2 aromatic carbocycles. The predicted molar refractivity (Wildman–Crippen MR) is 108 cm³/mol. The summed E-state index contributed by atoms with van der Waals surface area (Å²) in [6, 6.07) is 19.9. The van der Waals surface area contributed by atoms with Crippen molar-refractivity contribution in [2.24, 2.45) is 11.7 Å². The fourth-order valence-corrected chi connectivity index (χ4v) is 4.28. The first-order chi connectivity index (χ1) is 13.3. The fraction of sp³-hybridized carbons (Fsp3) is 0.409. The molecule has 3 atom stereocenters. The van der Waals surface area contributed by atoms with Crippen LogP contribution in [0.4, 0.5) is 0 Å². The summed E-state index contributed by atoms with van der Waals surface area (Å²) >= 11 is 0. The van der Waals surface area contributed by atoms with E-state index in [9.17, 15) is 4.79 Å². The van der Waals surface area contributed by atoms with Crippen molar-refractivity contribution >= 4 is 5.91 Å². The first-order valence-corrected chi connectivity index (χ1v) is 9.90. The molecule has 2 heterocycles. The number of nitrogens with one attached hydrogen (secondary N) is 2. The zero-order valence-electron chi connectivity index (χ0n) is 15.6. The molecule has 5 heteroatoms. The number of fused-ring (bicyclic) bond motifs is 1. The Labute approximate surface area is 160 Å². The fourth-order valence-electron chi connectivity index (χ4n) is 4.28. The molecule has 0 bridgehead atoms. The lowest BCUT2D eigenvalue weighted by atomic mass is 9.84. The molecule has 2 fully saturated rings. The molecule has 142 valence electrons. The minimum absolute atomic E-state index is 0.227. The van der Waals surface area contributed by atoms with Gasteiger partial charge in [-0.05, 0) is 36.1 Å². The van der Waals surface area contributed by atoms with Gasteiger partial charge in [0.25, 0.3) is 0 Å². The molecule has 2 aliphatic heterocycles. The van der Waals surface area contributed by atoms with Crippen LogP contribution in [0, 0.1) is 5.92 Å². The molecule has 0 aliphatic carbocycles. The van der Waals surface area contributed by atoms with Crippen LogP contribution >= 0.6 is 0 Å². The van der Waals surface area contributed by atoms with Gasteiger partial charge in [-0.25, -0.2) is 5.43 Å². The van der Waals surface area contributed by atoms with Crippen LogP contribution in [-0.2, 0) is 4.79 Å². The number of benzene rings is 2. The zero-order valence-corrected chi connectivity index (χ0v) is 15.6. The first-order valence-electron chi connectivity index (χ1n) is 9.90. The molecule has 2 aliphatic rings. The molecule has 4 rings (SSSR count). The SMILES string of the molecule is NCCCC(=O)N1CCC2NNC(c3ccc(-c4ccccc4)cc3)C2C1. The van der Waals surface area contributed by atoms with Gasteiger partial charge in [0.2, 0.25) is 5.91 Å². The van der Waals surface area contributed by atoms with E-state index in [0.717, 1.165) is 25.9 Å². The van der Waals surface area contributed by atoms with Gasteiger partial charge in [-0.15, -0.1) is 0 Å². The molecule has 5 nitrogen and oxygen atoms in total. The second-order valence-corrected chi connectivity index (χ2v) is 7.55. The highest BCUT2D eigenvalue weighted by Crippen LogP contribution is 2.34. The smallest absolute Gasteiger partial charge is 0.222 e. The predicted octanol–water partition coefficient (Wildman–Crippen LogP) is 2.46. The van der Waals surface area contributed by atoms with Crippen molar-refractivity contribution in [2.75, 3.05) is 19.6 Å². The summed E-state index contributed by atoms with van der Waals surface area (Å²) in [7, 11) is 0. The number of hydrogen-bond donors (Lipinski definition) is 3. The van der Waals surface area contributed by atoms with Crippen LogP contribution in [0.15, 0.2) is 54.6 Å². The van der Waals surface area contributed by atoms with Crippen molar-refractivity contribution < 1.29 is 4.79 Å². The largest absolute Gasteiger partial charge is 0.342 e. The van der Waals surface area contributed by atoms with E-state index in [-0.39, 0.29) is 11.9 Å². The van der Waals surface area contributed by atoms with Crippen LogP contribution in [0.1, 0.15) is 30.9 Å². The number of hydrazine groups is 1. The van der Waals surface area contributed by atoms with Gasteiger partial charge in [-0.2, -0.15) is 0 Å². The Bertz CT molecular complexity index is 762. The normalized spacial score (nSPS) is 24.6. The molecule has 4 N–H and O–H groups in total. The van der Waals surface area contributed by atoms with Gasteiger partial charge in [0.1, 0.15) is 0 Å². The summed E-state index contributed by atoms with van der Waals surface area (Å²) in [5.41, 5.74) is 16.2. The minimum Gasteiger partial charge on any atom is -0.342 e. The highest BCUT2D eigenvalue weighted by atomic mass is 16.2. The van der Waals surface area contributed by atoms with Crippen molar-refractivity contribution in [3.8, 4) is 11.1 Å². The maximum atomic E-state index is 12.4. The third-order valence-electron chi connectivity index (χ3n) is 5.83. The second kappa shape index (κ2) is 8.21. The summed E-state index contributed by atoms with van der Waals surface area (Å²) in [4.78, 5) is 14.4. The van der Waals surface area contributed by atoms with Gasteiger partial charge >= 0.3 is 0 Å². The number of likely N-dealkylation sites (tertiary alicyclic amines) is 1. The van der Waals surface area contributed by atoms with Crippen LogP contribution < -0.4 is 16.6 Å². The van der Waals surface area contributed by atoms with Crippen LogP contribution in [-0.4, -0.2) is 36.5 Å². The van der Waals surface area contributed by atoms with Gasteiger partial charge in [0.15, 0.2) is 0 Å². The summed E-state index contributed by atoms with van der Waals surface area (Å²) < 4.78 is 0. The zero-order chi connectivity index (χ0) is 18.6. The maximum absolute atomic E-state index is 12.4. The van der Waals surface area contributed by atoms with Crippen molar-refractivity contribution in [3.63, 3.8) is 0 Å². The highest BCUT2D eigenvalue weighted by molar-refractivity contribution is 5.76. The highest BCUT2D eigenvalue weighted by Gasteiger charge is 2.41. The van der Waals surface area contributed by atoms with Crippen molar-refractivity contribution in [1.29, 1.82) is 0 Å². The molecule has 2 saturated heterocycles. The molecule has 2 aromatic rings. The van der Waals surface area contributed by atoms with Gasteiger partial charge in [0.05, 0.1) is 6.04 Å². The van der Waals surface area contributed by atoms with Crippen LogP contribution in [0.25, 0.3) is 11.1 Å². The summed E-state index contributed by atoms with van der Waals surface area (Å²) in [6.07, 6.45) is 2.32. The van der Waals surface area contributed by atoms with E-state index in [2.05, 4.69) is 59.4 Å². The van der Waals surface area contributed by atoms with Crippen LogP contribution in [0.3, 0.4) is 0 Å². The molecule has 3 unspecified atom stereocenters. The van der Waals surface area contributed by atoms with E-state index in [1.807, 2.05) is 11.0 Å². The number of rotatable bonds is 5. The monoisotopic (exact) mass is 364 g/mol. The average Bonchev–Trinajstić information content (AvgIpc) is 3.16. The number of hydrogen-bond acceptors (Lipinski definition) is 4. The quantitative estimate of drug-likeness (QED) is 0.762. The van der Waals surface area contributed by atoms with Gasteiger partial charge < -0.3 is 10.6 Å². The third kappa shape index (κ3) is 3.90. The number of nitrogens with zero attached hydrogens (tertiary/aromatic N) is 1. The van der Waals surface area contributed by atoms with Gasteiger partial charge in [-0.1, -0.05) is 54.6 Å². The van der Waals surface area contributed by atoms with E-state index in [1.165, 1.54) is 16.7 Å². The molecular weight excluding hydrogens is 336 g/mol. The first kappa shape index (κ1) is 18.2. The Balaban J connectivity index is 1.46. The van der Waals surface area contributed by atoms with Crippen molar-refractivity contribution in [2.45, 2.75) is 31.3 Å². The number of piperidine rings is 1. The lowest BCUT2D eigenvalue weighted by molar-refractivity contribution is -0.133. The van der Waals surface area contributed by atoms with E-state index in [4.69, 9.17) is 5.73 Å². The molecule has 27 heavy (non-hydrogen) atoms. The lowest BCUT2D eigenvalue weighted by Gasteiger charge is -2.36. The maximum Gasteiger partial charge on any atom is 0.222 e. The molecular formula is C22H28N4O. The summed E-state index contributed by atoms with van der Waals surface area (Å²) in [6.45, 7) is 2.21. The Morgan fingerprint density at radius 3 is 2.52 bits per heavy atom. The molecule has 0 radical (unpaired) electrons. The summed E-state index contributed by atoms with van der Waals surface area (Å²) in [5.74, 6) is 0.632. The van der Waals surface area contributed by atoms with Crippen LogP contribution in [0.2, 0.25) is 0 Å².